The van der Waals surface area contributed by atoms with Gasteiger partial charge >= 0.3 is 0 Å². The van der Waals surface area contributed by atoms with Crippen molar-refractivity contribution in [2.75, 3.05) is 11.9 Å². The first-order chi connectivity index (χ1) is 17.4. The van der Waals surface area contributed by atoms with E-state index in [1.54, 1.807) is 22.7 Å². The highest BCUT2D eigenvalue weighted by Crippen LogP contribution is 2.53. The van der Waals surface area contributed by atoms with Crippen molar-refractivity contribution in [2.24, 2.45) is 5.92 Å². The number of hydrogen-bond acceptors (Lipinski definition) is 8. The fourth-order valence-corrected chi connectivity index (χ4v) is 5.69. The molecule has 2 aliphatic rings. The van der Waals surface area contributed by atoms with Crippen LogP contribution in [0.25, 0.3) is 5.69 Å². The maximum Gasteiger partial charge on any atom is 0.255 e. The number of rotatable bonds is 9. The summed E-state index contributed by atoms with van der Waals surface area (Å²) < 4.78 is 1.72. The number of anilines is 1. The molecule has 1 unspecified atom stereocenters. The van der Waals surface area contributed by atoms with Crippen molar-refractivity contribution < 1.29 is 19.8 Å². The van der Waals surface area contributed by atoms with Crippen LogP contribution in [0.2, 0.25) is 0 Å². The number of nitrogens with one attached hydrogen (secondary N) is 2. The third-order valence-electron chi connectivity index (χ3n) is 6.89. The first-order valence-corrected chi connectivity index (χ1v) is 13.0. The lowest BCUT2D eigenvalue weighted by molar-refractivity contribution is -0.155. The Bertz CT molecular complexity index is 1210. The number of aliphatic hydroxyl groups is 2. The molecule has 0 bridgehead atoms. The summed E-state index contributed by atoms with van der Waals surface area (Å²) in [6.07, 6.45) is 1.43. The molecule has 5 rings (SSSR count). The summed E-state index contributed by atoms with van der Waals surface area (Å²) in [7, 11) is 0. The zero-order valence-corrected chi connectivity index (χ0v) is 20.9. The van der Waals surface area contributed by atoms with Crippen LogP contribution in [-0.2, 0) is 9.59 Å². The fraction of sp³-hybridized carbons (Fsp3) is 0.440. The van der Waals surface area contributed by atoms with Gasteiger partial charge in [0.1, 0.15) is 0 Å². The summed E-state index contributed by atoms with van der Waals surface area (Å²) >= 11 is 1.47. The third-order valence-corrected chi connectivity index (χ3v) is 7.71. The van der Waals surface area contributed by atoms with Gasteiger partial charge in [-0.15, -0.1) is 11.3 Å². The second-order valence-corrected chi connectivity index (χ2v) is 10.2. The van der Waals surface area contributed by atoms with Crippen LogP contribution in [0.1, 0.15) is 50.0 Å². The lowest BCUT2D eigenvalue weighted by Gasteiger charge is -2.30. The maximum absolute atomic E-state index is 13.2. The van der Waals surface area contributed by atoms with Crippen LogP contribution in [-0.4, -0.2) is 66.5 Å². The third kappa shape index (κ3) is 4.73. The minimum absolute atomic E-state index is 0.0175. The van der Waals surface area contributed by atoms with E-state index in [1.165, 1.54) is 11.3 Å². The van der Waals surface area contributed by atoms with Crippen LogP contribution in [0.3, 0.4) is 0 Å². The summed E-state index contributed by atoms with van der Waals surface area (Å²) in [5.41, 5.74) is 2.46. The van der Waals surface area contributed by atoms with Gasteiger partial charge in [0.2, 0.25) is 0 Å². The van der Waals surface area contributed by atoms with Crippen LogP contribution in [0.4, 0.5) is 5.13 Å². The fourth-order valence-electron chi connectivity index (χ4n) is 4.86. The number of nitrogens with zero attached hydrogens (tertiary/aromatic N) is 4. The van der Waals surface area contributed by atoms with Crippen LogP contribution in [0, 0.1) is 5.92 Å². The Balaban J connectivity index is 1.22. The van der Waals surface area contributed by atoms with Gasteiger partial charge in [0.15, 0.2) is 17.3 Å². The Morgan fingerprint density at radius 3 is 2.67 bits per heavy atom. The highest BCUT2D eigenvalue weighted by molar-refractivity contribution is 7.13. The number of piperidine rings is 1. The number of amides is 2. The molecular formula is C25H30N6O4S. The van der Waals surface area contributed by atoms with Crippen molar-refractivity contribution >= 4 is 28.3 Å². The predicted molar refractivity (Wildman–Crippen MR) is 135 cm³/mol. The predicted octanol–water partition coefficient (Wildman–Crippen LogP) is 2.02. The number of fused-ring (bicyclic) bond motifs is 1. The number of benzene rings is 1. The first kappa shape index (κ1) is 24.4. The second-order valence-electron chi connectivity index (χ2n) is 9.33. The maximum atomic E-state index is 13.2. The summed E-state index contributed by atoms with van der Waals surface area (Å²) in [6.45, 7) is 4.51. The zero-order valence-electron chi connectivity index (χ0n) is 20.1. The quantitative estimate of drug-likeness (QED) is 0.346. The molecule has 11 heteroatoms. The summed E-state index contributed by atoms with van der Waals surface area (Å²) in [6, 6.07) is 8.61. The standard InChI is InChI=1S/C25H30N6O4S/c1-3-26-25-29-18(13-36-25)20-12-16-11-19(16)31(20)24(35)22(33)21(32)23(34)28-14(2)15-5-7-17(8-6-15)30-10-4-9-27-30/h4-10,13-14,16,19-22,32-33H,3,11-12H2,1-2H3,(H,26,29)(H,28,34)/t14-,16-,19?,20-,21-,22-/m1/s1. The number of carbonyl (C=O) groups is 2. The first-order valence-electron chi connectivity index (χ1n) is 12.1. The molecule has 1 saturated heterocycles. The van der Waals surface area contributed by atoms with Crippen LogP contribution in [0.5, 0.6) is 0 Å². The van der Waals surface area contributed by atoms with E-state index in [0.29, 0.717) is 5.92 Å². The highest BCUT2D eigenvalue weighted by atomic mass is 32.1. The topological polar surface area (TPSA) is 133 Å². The normalized spacial score (nSPS) is 23.0. The van der Waals surface area contributed by atoms with E-state index in [-0.39, 0.29) is 12.1 Å². The Morgan fingerprint density at radius 1 is 1.19 bits per heavy atom. The van der Waals surface area contributed by atoms with E-state index in [4.69, 9.17) is 0 Å². The molecule has 2 fully saturated rings. The molecule has 2 aromatic heterocycles. The van der Waals surface area contributed by atoms with E-state index in [2.05, 4.69) is 20.7 Å². The second kappa shape index (κ2) is 10.00. The summed E-state index contributed by atoms with van der Waals surface area (Å²) in [5, 5.41) is 34.0. The Kier molecular flexibility index (Phi) is 6.78. The molecule has 10 nitrogen and oxygen atoms in total. The molecular weight excluding hydrogens is 480 g/mol. The number of aliphatic hydroxyl groups excluding tert-OH is 2. The zero-order chi connectivity index (χ0) is 25.4. The average molecular weight is 511 g/mol. The van der Waals surface area contributed by atoms with E-state index in [0.717, 1.165) is 41.5 Å². The molecule has 1 saturated carbocycles. The van der Waals surface area contributed by atoms with Crippen molar-refractivity contribution in [2.45, 2.75) is 57.0 Å². The molecule has 0 radical (unpaired) electrons. The minimum atomic E-state index is -1.88. The van der Waals surface area contributed by atoms with Crippen molar-refractivity contribution in [3.8, 4) is 5.69 Å². The van der Waals surface area contributed by atoms with Crippen molar-refractivity contribution in [3.63, 3.8) is 0 Å². The number of likely N-dealkylation sites (tertiary alicyclic amines) is 1. The van der Waals surface area contributed by atoms with Gasteiger partial charge in [-0.25, -0.2) is 9.67 Å². The summed E-state index contributed by atoms with van der Waals surface area (Å²) in [4.78, 5) is 32.2. The highest BCUT2D eigenvalue weighted by Gasteiger charge is 2.56. The van der Waals surface area contributed by atoms with E-state index >= 15 is 0 Å². The molecule has 1 aliphatic heterocycles. The minimum Gasteiger partial charge on any atom is -0.380 e. The van der Waals surface area contributed by atoms with Crippen LogP contribution in [0.15, 0.2) is 48.1 Å². The van der Waals surface area contributed by atoms with Gasteiger partial charge in [-0.3, -0.25) is 9.59 Å². The lowest BCUT2D eigenvalue weighted by atomic mass is 10.1. The molecule has 3 heterocycles. The van der Waals surface area contributed by atoms with Gasteiger partial charge in [0.25, 0.3) is 11.8 Å². The Hall–Kier alpha value is -3.28. The lowest BCUT2D eigenvalue weighted by Crippen LogP contribution is -2.51. The van der Waals surface area contributed by atoms with Gasteiger partial charge in [-0.1, -0.05) is 12.1 Å². The van der Waals surface area contributed by atoms with E-state index < -0.39 is 30.1 Å². The van der Waals surface area contributed by atoms with Crippen LogP contribution < -0.4 is 10.6 Å². The molecule has 4 N–H and O–H groups in total. The molecule has 3 aromatic rings. The van der Waals surface area contributed by atoms with Crippen molar-refractivity contribution in [3.05, 3.63) is 59.4 Å². The van der Waals surface area contributed by atoms with Crippen molar-refractivity contribution in [1.82, 2.24) is 25.0 Å². The monoisotopic (exact) mass is 510 g/mol. The van der Waals surface area contributed by atoms with Gasteiger partial charge in [0, 0.05) is 30.4 Å². The van der Waals surface area contributed by atoms with Gasteiger partial charge < -0.3 is 25.7 Å². The number of hydrogen-bond donors (Lipinski definition) is 4. The average Bonchev–Trinajstić information content (AvgIpc) is 3.29. The number of carbonyl (C=O) groups excluding carboxylic acids is 2. The van der Waals surface area contributed by atoms with Crippen LogP contribution >= 0.6 is 11.3 Å². The Labute approximate surface area is 213 Å². The van der Waals surface area contributed by atoms with E-state index in [9.17, 15) is 19.8 Å². The van der Waals surface area contributed by atoms with Gasteiger partial charge in [-0.2, -0.15) is 5.10 Å². The molecule has 36 heavy (non-hydrogen) atoms. The molecule has 190 valence electrons. The molecule has 1 aliphatic carbocycles. The SMILES string of the molecule is CCNc1nc([C@H]2C[C@H]3CC3N2C(=O)[C@H](O)[C@@H](O)C(=O)N[C@H](C)c2ccc(-n3cccn3)cc2)cs1. The number of aromatic nitrogens is 3. The van der Waals surface area contributed by atoms with Gasteiger partial charge in [0.05, 0.1) is 23.5 Å². The van der Waals surface area contributed by atoms with E-state index in [1.807, 2.05) is 48.8 Å². The summed E-state index contributed by atoms with van der Waals surface area (Å²) in [5.74, 6) is -1.07. The molecule has 2 amide bonds. The molecule has 0 spiro atoms. The molecule has 1 aromatic carbocycles. The van der Waals surface area contributed by atoms with Crippen molar-refractivity contribution in [1.29, 1.82) is 0 Å². The number of thiazole rings is 1. The Morgan fingerprint density at radius 2 is 1.97 bits per heavy atom. The van der Waals surface area contributed by atoms with Gasteiger partial charge in [-0.05, 0) is 56.4 Å². The largest absolute Gasteiger partial charge is 0.380 e. The smallest absolute Gasteiger partial charge is 0.255 e. The molecule has 6 atom stereocenters.